The molecule has 9 heteroatoms. The zero-order chi connectivity index (χ0) is 29.3. The Hall–Kier alpha value is -2.99. The zero-order valence-electron chi connectivity index (χ0n) is 23.7. The summed E-state index contributed by atoms with van der Waals surface area (Å²) in [5.41, 5.74) is 10.6. The average Bonchev–Trinajstić information content (AvgIpc) is 2.85. The number of amidine groups is 1. The van der Waals surface area contributed by atoms with Crippen LogP contribution in [0.25, 0.3) is 0 Å². The molecule has 0 aliphatic heterocycles. The molecule has 1 unspecified atom stereocenters. The fourth-order valence-corrected chi connectivity index (χ4v) is 4.56. The number of nitriles is 1. The topological polar surface area (TPSA) is 87.1 Å². The second-order valence-electron chi connectivity index (χ2n) is 9.85. The lowest BCUT2D eigenvalue weighted by Gasteiger charge is -2.18. The molecule has 39 heavy (non-hydrogen) atoms. The third-order valence-electron chi connectivity index (χ3n) is 5.94. The van der Waals surface area contributed by atoms with E-state index in [0.717, 1.165) is 56.5 Å². The first kappa shape index (κ1) is 34.0. The van der Waals surface area contributed by atoms with E-state index in [2.05, 4.69) is 74.2 Å². The van der Waals surface area contributed by atoms with Crippen LogP contribution in [0.5, 0.6) is 0 Å². The standard InChI is InChI=1S/C30H42F3N5S/c1-22(2)9-6-10-23(3)11-7-12-24(4)13-8-14-25(5)17-18-39-20-27(29(35)37-21-34)38-28-16-15-26(19-36-28)30(31,32)33/h9,11,13,15-17,19,27H,6-8,10,12,14,18,20H2,1-5H3,(H2,35,37)(H,36,38). The van der Waals surface area contributed by atoms with Crippen LogP contribution in [0.1, 0.15) is 78.7 Å². The van der Waals surface area contributed by atoms with Gasteiger partial charge >= 0.3 is 6.18 Å². The molecule has 0 fully saturated rings. The molecule has 0 radical (unpaired) electrons. The fourth-order valence-electron chi connectivity index (χ4n) is 3.54. The molecule has 0 aliphatic rings. The van der Waals surface area contributed by atoms with Gasteiger partial charge in [0.25, 0.3) is 0 Å². The van der Waals surface area contributed by atoms with Gasteiger partial charge in [0.1, 0.15) is 11.7 Å². The number of pyridine rings is 1. The highest BCUT2D eigenvalue weighted by atomic mass is 32.2. The zero-order valence-corrected chi connectivity index (χ0v) is 24.6. The van der Waals surface area contributed by atoms with Crippen LogP contribution in [0.15, 0.2) is 69.9 Å². The van der Waals surface area contributed by atoms with Gasteiger partial charge < -0.3 is 11.1 Å². The van der Waals surface area contributed by atoms with E-state index in [1.54, 1.807) is 18.0 Å². The van der Waals surface area contributed by atoms with Crippen molar-refractivity contribution in [1.82, 2.24) is 4.98 Å². The Labute approximate surface area is 236 Å². The minimum absolute atomic E-state index is 0.0611. The summed E-state index contributed by atoms with van der Waals surface area (Å²) in [7, 11) is 0. The molecule has 0 saturated heterocycles. The summed E-state index contributed by atoms with van der Waals surface area (Å²) >= 11 is 1.59. The largest absolute Gasteiger partial charge is 0.417 e. The van der Waals surface area contributed by atoms with Crippen LogP contribution in [0.3, 0.4) is 0 Å². The van der Waals surface area contributed by atoms with Crippen LogP contribution in [0.4, 0.5) is 19.0 Å². The molecular formula is C30H42F3N5S. The van der Waals surface area contributed by atoms with Crippen LogP contribution in [-0.4, -0.2) is 28.4 Å². The molecular weight excluding hydrogens is 519 g/mol. The Kier molecular flexibility index (Phi) is 16.0. The number of anilines is 1. The summed E-state index contributed by atoms with van der Waals surface area (Å²) in [6, 6.07) is 1.65. The van der Waals surface area contributed by atoms with Gasteiger partial charge in [-0.05, 0) is 85.3 Å². The van der Waals surface area contributed by atoms with Crippen molar-refractivity contribution in [2.75, 3.05) is 16.8 Å². The van der Waals surface area contributed by atoms with E-state index >= 15 is 0 Å². The van der Waals surface area contributed by atoms with E-state index in [4.69, 9.17) is 11.0 Å². The SMILES string of the molecule is CC(C)=CCCC(C)=CCCC(C)=CCCC(C)=CCSCC(Nc1ccc(C(F)(F)F)cn1)C(N)=NC#N. The van der Waals surface area contributed by atoms with Gasteiger partial charge in [-0.15, -0.1) is 0 Å². The summed E-state index contributed by atoms with van der Waals surface area (Å²) in [6.45, 7) is 10.8. The Balaban J connectivity index is 2.48. The van der Waals surface area contributed by atoms with Crippen molar-refractivity contribution in [2.24, 2.45) is 10.7 Å². The molecule has 1 atom stereocenters. The third-order valence-corrected chi connectivity index (χ3v) is 6.91. The van der Waals surface area contributed by atoms with Gasteiger partial charge in [0.15, 0.2) is 0 Å². The molecule has 0 spiro atoms. The van der Waals surface area contributed by atoms with E-state index in [1.165, 1.54) is 28.4 Å². The first-order valence-corrected chi connectivity index (χ1v) is 14.3. The molecule has 0 aromatic carbocycles. The molecule has 0 bridgehead atoms. The van der Waals surface area contributed by atoms with Crippen molar-refractivity contribution >= 4 is 23.4 Å². The summed E-state index contributed by atoms with van der Waals surface area (Å²) in [6.07, 6.45) is 13.4. The quantitative estimate of drug-likeness (QED) is 0.0694. The van der Waals surface area contributed by atoms with Gasteiger partial charge in [0.05, 0.1) is 11.6 Å². The fraction of sp³-hybridized carbons (Fsp3) is 0.500. The molecule has 214 valence electrons. The number of hydrogen-bond donors (Lipinski definition) is 2. The lowest BCUT2D eigenvalue weighted by molar-refractivity contribution is -0.137. The highest BCUT2D eigenvalue weighted by Crippen LogP contribution is 2.29. The average molecular weight is 562 g/mol. The molecule has 0 amide bonds. The maximum absolute atomic E-state index is 12.8. The van der Waals surface area contributed by atoms with Gasteiger partial charge in [-0.1, -0.05) is 46.6 Å². The minimum atomic E-state index is -4.46. The number of nitrogens with zero attached hydrogens (tertiary/aromatic N) is 3. The summed E-state index contributed by atoms with van der Waals surface area (Å²) in [4.78, 5) is 7.41. The van der Waals surface area contributed by atoms with Crippen molar-refractivity contribution in [3.63, 3.8) is 0 Å². The number of halogens is 3. The lowest BCUT2D eigenvalue weighted by atomic mass is 10.0. The monoisotopic (exact) mass is 561 g/mol. The van der Waals surface area contributed by atoms with Crippen LogP contribution >= 0.6 is 11.8 Å². The van der Waals surface area contributed by atoms with Crippen molar-refractivity contribution in [3.05, 3.63) is 70.5 Å². The van der Waals surface area contributed by atoms with E-state index in [0.29, 0.717) is 5.75 Å². The summed E-state index contributed by atoms with van der Waals surface area (Å²) in [5, 5.41) is 11.8. The van der Waals surface area contributed by atoms with Crippen LogP contribution in [0, 0.1) is 11.5 Å². The first-order chi connectivity index (χ1) is 18.4. The predicted octanol–water partition coefficient (Wildman–Crippen LogP) is 8.60. The van der Waals surface area contributed by atoms with Gasteiger partial charge in [-0.25, -0.2) is 4.98 Å². The van der Waals surface area contributed by atoms with Crippen LogP contribution in [0.2, 0.25) is 0 Å². The number of alkyl halides is 3. The third kappa shape index (κ3) is 15.9. The molecule has 5 nitrogen and oxygen atoms in total. The van der Waals surface area contributed by atoms with Crippen molar-refractivity contribution in [3.8, 4) is 6.19 Å². The lowest BCUT2D eigenvalue weighted by Crippen LogP contribution is -2.38. The van der Waals surface area contributed by atoms with Gasteiger partial charge in [0, 0.05) is 17.7 Å². The smallest absolute Gasteiger partial charge is 0.385 e. The molecule has 1 aromatic heterocycles. The Bertz CT molecular complexity index is 1070. The van der Waals surface area contributed by atoms with E-state index in [-0.39, 0.29) is 11.7 Å². The molecule has 1 aromatic rings. The Morgan fingerprint density at radius 1 is 1.00 bits per heavy atom. The van der Waals surface area contributed by atoms with Crippen LogP contribution in [-0.2, 0) is 6.18 Å². The Morgan fingerprint density at radius 2 is 1.56 bits per heavy atom. The number of hydrogen-bond acceptors (Lipinski definition) is 5. The number of rotatable bonds is 16. The first-order valence-electron chi connectivity index (χ1n) is 13.1. The predicted molar refractivity (Wildman–Crippen MR) is 160 cm³/mol. The van der Waals surface area contributed by atoms with Crippen molar-refractivity contribution < 1.29 is 13.2 Å². The second kappa shape index (κ2) is 18.3. The molecule has 1 heterocycles. The van der Waals surface area contributed by atoms with Gasteiger partial charge in [0.2, 0.25) is 6.19 Å². The maximum atomic E-state index is 12.8. The molecule has 1 rings (SSSR count). The van der Waals surface area contributed by atoms with E-state index in [1.807, 2.05) is 0 Å². The van der Waals surface area contributed by atoms with Gasteiger partial charge in [-0.2, -0.15) is 35.2 Å². The van der Waals surface area contributed by atoms with Crippen molar-refractivity contribution in [1.29, 1.82) is 5.26 Å². The number of thioether (sulfide) groups is 1. The summed E-state index contributed by atoms with van der Waals surface area (Å²) in [5.74, 6) is 1.51. The number of aliphatic imine (C=N–C) groups is 1. The van der Waals surface area contributed by atoms with Crippen LogP contribution < -0.4 is 11.1 Å². The number of allylic oxidation sites excluding steroid dienone is 7. The molecule has 3 N–H and O–H groups in total. The molecule has 0 saturated carbocycles. The minimum Gasteiger partial charge on any atom is -0.385 e. The summed E-state index contributed by atoms with van der Waals surface area (Å²) < 4.78 is 38.3. The second-order valence-corrected chi connectivity index (χ2v) is 10.9. The Morgan fingerprint density at radius 3 is 2.05 bits per heavy atom. The number of nitrogens with two attached hydrogens (primary N) is 1. The number of aromatic nitrogens is 1. The highest BCUT2D eigenvalue weighted by molar-refractivity contribution is 7.99. The maximum Gasteiger partial charge on any atom is 0.417 e. The van der Waals surface area contributed by atoms with Crippen molar-refractivity contribution in [2.45, 2.75) is 85.4 Å². The number of nitrogens with one attached hydrogen (secondary N) is 1. The van der Waals surface area contributed by atoms with Gasteiger partial charge in [-0.3, -0.25) is 0 Å². The molecule has 0 aliphatic carbocycles. The normalized spacial score (nSPS) is 14.1. The van der Waals surface area contributed by atoms with E-state index in [9.17, 15) is 13.2 Å². The highest BCUT2D eigenvalue weighted by Gasteiger charge is 2.30. The van der Waals surface area contributed by atoms with E-state index < -0.39 is 17.8 Å².